The molecule has 0 aliphatic rings. The minimum absolute atomic E-state index is 0.609. The third-order valence-corrected chi connectivity index (χ3v) is 10.1. The highest BCUT2D eigenvalue weighted by Crippen LogP contribution is 2.42. The van der Waals surface area contributed by atoms with Gasteiger partial charge in [0.1, 0.15) is 5.69 Å². The zero-order chi connectivity index (χ0) is 36.6. The molecule has 0 unspecified atom stereocenters. The topological polar surface area (TPSA) is 56.5 Å². The van der Waals surface area contributed by atoms with Crippen molar-refractivity contribution in [1.82, 2.24) is 24.7 Å². The molecular formula is C50H33N5. The maximum Gasteiger partial charge on any atom is 0.164 e. The molecule has 5 heteroatoms. The number of hydrogen-bond acceptors (Lipinski definition) is 4. The number of rotatable bonds is 7. The van der Waals surface area contributed by atoms with Crippen LogP contribution in [0.2, 0.25) is 0 Å². The van der Waals surface area contributed by atoms with Gasteiger partial charge < -0.3 is 0 Å². The summed E-state index contributed by atoms with van der Waals surface area (Å²) in [5.41, 5.74) is 11.3. The van der Waals surface area contributed by atoms with Crippen molar-refractivity contribution in [2.45, 2.75) is 0 Å². The van der Waals surface area contributed by atoms with Crippen molar-refractivity contribution < 1.29 is 0 Å². The standard InChI is InChI=1S/C50H33N5/c1-5-16-34(17-6-1)35-28-30-38(31-29-35)49-51-48(37-20-9-3-10-21-37)52-50(53-49)41-24-15-23-39(32-41)44-33-40-22-13-14-27-43(40)47-45(44)46(36-18-7-2-8-19-36)54-55(47)42-25-11-4-12-26-42/h1-33H. The predicted molar refractivity (Wildman–Crippen MR) is 225 cm³/mol. The molecule has 0 spiro atoms. The average Bonchev–Trinajstić information content (AvgIpc) is 3.69. The van der Waals surface area contributed by atoms with Gasteiger partial charge in [-0.15, -0.1) is 0 Å². The third-order valence-electron chi connectivity index (χ3n) is 10.1. The summed E-state index contributed by atoms with van der Waals surface area (Å²) in [6, 6.07) is 69.2. The molecule has 0 aliphatic heterocycles. The minimum atomic E-state index is 0.609. The van der Waals surface area contributed by atoms with Gasteiger partial charge in [-0.1, -0.05) is 176 Å². The van der Waals surface area contributed by atoms with E-state index in [1.165, 1.54) is 5.56 Å². The highest BCUT2D eigenvalue weighted by atomic mass is 15.3. The molecule has 0 atom stereocenters. The van der Waals surface area contributed by atoms with E-state index >= 15 is 0 Å². The van der Waals surface area contributed by atoms with Crippen LogP contribution in [0, 0.1) is 0 Å². The monoisotopic (exact) mass is 703 g/mol. The van der Waals surface area contributed by atoms with E-state index in [0.29, 0.717) is 17.5 Å². The molecule has 10 rings (SSSR count). The van der Waals surface area contributed by atoms with Crippen LogP contribution >= 0.6 is 0 Å². The summed E-state index contributed by atoms with van der Waals surface area (Å²) in [7, 11) is 0. The van der Waals surface area contributed by atoms with E-state index in [1.54, 1.807) is 0 Å². The van der Waals surface area contributed by atoms with Crippen LogP contribution in [0.25, 0.3) is 95.0 Å². The number of nitrogens with zero attached hydrogens (tertiary/aromatic N) is 5. The molecule has 0 fully saturated rings. The Labute approximate surface area is 318 Å². The Bertz CT molecular complexity index is 2940. The van der Waals surface area contributed by atoms with Crippen LogP contribution in [0.3, 0.4) is 0 Å². The first-order chi connectivity index (χ1) is 27.3. The van der Waals surface area contributed by atoms with Crippen molar-refractivity contribution in [3.63, 3.8) is 0 Å². The van der Waals surface area contributed by atoms with Gasteiger partial charge in [0.15, 0.2) is 17.5 Å². The second kappa shape index (κ2) is 13.8. The maximum atomic E-state index is 5.35. The van der Waals surface area contributed by atoms with Crippen molar-refractivity contribution >= 4 is 21.7 Å². The Morgan fingerprint density at radius 2 is 0.818 bits per heavy atom. The van der Waals surface area contributed by atoms with Gasteiger partial charge in [-0.3, -0.25) is 0 Å². The molecule has 55 heavy (non-hydrogen) atoms. The van der Waals surface area contributed by atoms with E-state index in [0.717, 1.165) is 72.0 Å². The SMILES string of the molecule is c1ccc(-c2ccc(-c3nc(-c4ccccc4)nc(-c4cccc(-c5cc6ccccc6c6c5c(-c5ccccc5)nn6-c5ccccc5)c4)n3)cc2)cc1. The zero-order valence-electron chi connectivity index (χ0n) is 29.8. The van der Waals surface area contributed by atoms with Crippen LogP contribution in [0.1, 0.15) is 0 Å². The highest BCUT2D eigenvalue weighted by molar-refractivity contribution is 6.17. The van der Waals surface area contributed by atoms with E-state index in [9.17, 15) is 0 Å². The lowest BCUT2D eigenvalue weighted by atomic mass is 9.93. The van der Waals surface area contributed by atoms with Gasteiger partial charge >= 0.3 is 0 Å². The van der Waals surface area contributed by atoms with Crippen molar-refractivity contribution in [1.29, 1.82) is 0 Å². The van der Waals surface area contributed by atoms with Gasteiger partial charge in [0.2, 0.25) is 0 Å². The van der Waals surface area contributed by atoms with Gasteiger partial charge in [0, 0.05) is 33.0 Å². The number of benzene rings is 8. The molecule has 5 nitrogen and oxygen atoms in total. The second-order valence-electron chi connectivity index (χ2n) is 13.5. The van der Waals surface area contributed by atoms with Gasteiger partial charge in [-0.05, 0) is 51.9 Å². The summed E-state index contributed by atoms with van der Waals surface area (Å²) in [6.07, 6.45) is 0. The Kier molecular flexibility index (Phi) is 8.08. The van der Waals surface area contributed by atoms with Gasteiger partial charge in [0.05, 0.1) is 11.2 Å². The van der Waals surface area contributed by atoms with E-state index in [1.807, 2.05) is 48.5 Å². The number of fused-ring (bicyclic) bond motifs is 3. The third kappa shape index (κ3) is 6.04. The van der Waals surface area contributed by atoms with Crippen LogP contribution in [0.4, 0.5) is 0 Å². The summed E-state index contributed by atoms with van der Waals surface area (Å²) in [6.45, 7) is 0. The minimum Gasteiger partial charge on any atom is -0.232 e. The molecule has 8 aromatic carbocycles. The van der Waals surface area contributed by atoms with E-state index in [2.05, 4.69) is 156 Å². The lowest BCUT2D eigenvalue weighted by Crippen LogP contribution is -2.00. The van der Waals surface area contributed by atoms with Gasteiger partial charge in [-0.25, -0.2) is 19.6 Å². The summed E-state index contributed by atoms with van der Waals surface area (Å²) in [5.74, 6) is 1.86. The van der Waals surface area contributed by atoms with E-state index in [4.69, 9.17) is 20.1 Å². The first kappa shape index (κ1) is 32.2. The molecular weight excluding hydrogens is 671 g/mol. The summed E-state index contributed by atoms with van der Waals surface area (Å²) >= 11 is 0. The van der Waals surface area contributed by atoms with Crippen molar-refractivity contribution in [2.75, 3.05) is 0 Å². The molecule has 0 radical (unpaired) electrons. The molecule has 0 amide bonds. The van der Waals surface area contributed by atoms with Crippen LogP contribution in [-0.2, 0) is 0 Å². The fourth-order valence-corrected chi connectivity index (χ4v) is 7.39. The van der Waals surface area contributed by atoms with Crippen LogP contribution < -0.4 is 0 Å². The van der Waals surface area contributed by atoms with Crippen molar-refractivity contribution in [3.05, 3.63) is 200 Å². The molecule has 0 aliphatic carbocycles. The summed E-state index contributed by atoms with van der Waals surface area (Å²) in [4.78, 5) is 15.2. The molecule has 2 aromatic heterocycles. The predicted octanol–water partition coefficient (Wildman–Crippen LogP) is 12.4. The lowest BCUT2D eigenvalue weighted by Gasteiger charge is -2.13. The molecule has 258 valence electrons. The maximum absolute atomic E-state index is 5.35. The molecule has 0 saturated heterocycles. The van der Waals surface area contributed by atoms with Crippen molar-refractivity contribution in [3.8, 4) is 73.4 Å². The van der Waals surface area contributed by atoms with Crippen LogP contribution in [-0.4, -0.2) is 24.7 Å². The Morgan fingerprint density at radius 1 is 0.345 bits per heavy atom. The quantitative estimate of drug-likeness (QED) is 0.166. The first-order valence-corrected chi connectivity index (χ1v) is 18.4. The molecule has 10 aromatic rings. The Balaban J connectivity index is 1.17. The second-order valence-corrected chi connectivity index (χ2v) is 13.5. The molecule has 0 saturated carbocycles. The first-order valence-electron chi connectivity index (χ1n) is 18.4. The van der Waals surface area contributed by atoms with Crippen molar-refractivity contribution in [2.24, 2.45) is 0 Å². The number of aromatic nitrogens is 5. The zero-order valence-corrected chi connectivity index (χ0v) is 29.8. The smallest absolute Gasteiger partial charge is 0.164 e. The highest BCUT2D eigenvalue weighted by Gasteiger charge is 2.22. The fraction of sp³-hybridized carbons (Fsp3) is 0. The Morgan fingerprint density at radius 3 is 1.49 bits per heavy atom. The van der Waals surface area contributed by atoms with Gasteiger partial charge in [-0.2, -0.15) is 5.10 Å². The molecule has 2 heterocycles. The largest absolute Gasteiger partial charge is 0.232 e. The van der Waals surface area contributed by atoms with Crippen LogP contribution in [0.5, 0.6) is 0 Å². The normalized spacial score (nSPS) is 11.3. The van der Waals surface area contributed by atoms with E-state index in [-0.39, 0.29) is 0 Å². The molecule has 0 N–H and O–H groups in total. The van der Waals surface area contributed by atoms with Gasteiger partial charge in [0.25, 0.3) is 0 Å². The number of para-hydroxylation sites is 1. The number of hydrogen-bond donors (Lipinski definition) is 0. The fourth-order valence-electron chi connectivity index (χ4n) is 7.39. The molecule has 0 bridgehead atoms. The van der Waals surface area contributed by atoms with E-state index < -0.39 is 0 Å². The van der Waals surface area contributed by atoms with Crippen LogP contribution in [0.15, 0.2) is 200 Å². The summed E-state index contributed by atoms with van der Waals surface area (Å²) in [5, 5.41) is 8.72. The lowest BCUT2D eigenvalue weighted by molar-refractivity contribution is 0.918. The Hall–Kier alpha value is -7.50. The summed E-state index contributed by atoms with van der Waals surface area (Å²) < 4.78 is 2.10. The average molecular weight is 704 g/mol.